The summed E-state index contributed by atoms with van der Waals surface area (Å²) < 4.78 is 2.26. The molecule has 0 spiro atoms. The first-order valence-electron chi connectivity index (χ1n) is 6.54. The molecule has 0 aliphatic carbocycles. The van der Waals surface area contributed by atoms with Gasteiger partial charge in [-0.3, -0.25) is 0 Å². The third-order valence-corrected chi connectivity index (χ3v) is 3.19. The third kappa shape index (κ3) is 4.92. The minimum absolute atomic E-state index is 0.256. The van der Waals surface area contributed by atoms with E-state index in [4.69, 9.17) is 5.11 Å². The molecule has 1 rings (SSSR count). The zero-order valence-electron chi connectivity index (χ0n) is 11.4. The van der Waals surface area contributed by atoms with Crippen LogP contribution >= 0.6 is 0 Å². The second-order valence-corrected chi connectivity index (χ2v) is 5.38. The molecule has 2 N–H and O–H groups in total. The summed E-state index contributed by atoms with van der Waals surface area (Å²) in [6.07, 6.45) is 4.07. The van der Waals surface area contributed by atoms with E-state index in [1.807, 2.05) is 0 Å². The summed E-state index contributed by atoms with van der Waals surface area (Å²) in [7, 11) is 0. The highest BCUT2D eigenvalue weighted by Gasteiger charge is 2.16. The highest BCUT2D eigenvalue weighted by Crippen LogP contribution is 2.20. The summed E-state index contributed by atoms with van der Waals surface area (Å²) in [4.78, 5) is 0. The fraction of sp³-hybridized carbons (Fsp3) is 0.714. The van der Waals surface area contributed by atoms with Gasteiger partial charge in [-0.1, -0.05) is 13.8 Å². The molecule has 0 saturated carbocycles. The van der Waals surface area contributed by atoms with Crippen LogP contribution in [0.3, 0.4) is 0 Å². The van der Waals surface area contributed by atoms with Crippen molar-refractivity contribution in [2.24, 2.45) is 5.41 Å². The standard InChI is InChI=1S/C14H26N2O/c1-4-16-9-5-7-13(16)11-15-12-14(2,3)8-6-10-17/h5,7,9,15,17H,4,6,8,10-12H2,1-3H3. The van der Waals surface area contributed by atoms with Gasteiger partial charge in [0.15, 0.2) is 0 Å². The maximum Gasteiger partial charge on any atom is 0.0431 e. The monoisotopic (exact) mass is 238 g/mol. The van der Waals surface area contributed by atoms with Gasteiger partial charge < -0.3 is 15.0 Å². The fourth-order valence-electron chi connectivity index (χ4n) is 2.09. The van der Waals surface area contributed by atoms with E-state index in [1.54, 1.807) is 0 Å². The lowest BCUT2D eigenvalue weighted by Crippen LogP contribution is -2.29. The third-order valence-electron chi connectivity index (χ3n) is 3.19. The van der Waals surface area contributed by atoms with Crippen molar-refractivity contribution in [1.82, 2.24) is 9.88 Å². The Bertz CT molecular complexity index is 318. The van der Waals surface area contributed by atoms with Crippen LogP contribution in [0.5, 0.6) is 0 Å². The molecule has 0 unspecified atom stereocenters. The largest absolute Gasteiger partial charge is 0.396 e. The molecule has 0 aliphatic rings. The van der Waals surface area contributed by atoms with Crippen LogP contribution in [-0.4, -0.2) is 22.8 Å². The molecule has 1 heterocycles. The van der Waals surface area contributed by atoms with Crippen LogP contribution in [0.25, 0.3) is 0 Å². The number of aryl methyl sites for hydroxylation is 1. The predicted octanol–water partition coefficient (Wildman–Crippen LogP) is 2.40. The summed E-state index contributed by atoms with van der Waals surface area (Å²) in [6.45, 7) is 9.88. The predicted molar refractivity (Wildman–Crippen MR) is 71.9 cm³/mol. The first kappa shape index (κ1) is 14.3. The summed E-state index contributed by atoms with van der Waals surface area (Å²) in [6, 6.07) is 4.26. The average molecular weight is 238 g/mol. The van der Waals surface area contributed by atoms with Crippen LogP contribution in [0.15, 0.2) is 18.3 Å². The molecule has 98 valence electrons. The van der Waals surface area contributed by atoms with Gasteiger partial charge in [0.2, 0.25) is 0 Å². The minimum atomic E-state index is 0.256. The number of hydrogen-bond donors (Lipinski definition) is 2. The van der Waals surface area contributed by atoms with Gasteiger partial charge in [0.1, 0.15) is 0 Å². The molecule has 3 heteroatoms. The second-order valence-electron chi connectivity index (χ2n) is 5.38. The molecule has 17 heavy (non-hydrogen) atoms. The number of rotatable bonds is 8. The van der Waals surface area contributed by atoms with Crippen molar-refractivity contribution >= 4 is 0 Å². The van der Waals surface area contributed by atoms with Crippen LogP contribution in [0.4, 0.5) is 0 Å². The molecule has 0 radical (unpaired) electrons. The normalized spacial score (nSPS) is 12.0. The fourth-order valence-corrected chi connectivity index (χ4v) is 2.09. The van der Waals surface area contributed by atoms with Crippen molar-refractivity contribution in [1.29, 1.82) is 0 Å². The molecular formula is C14H26N2O. The van der Waals surface area contributed by atoms with E-state index < -0.39 is 0 Å². The molecule has 1 aromatic rings. The van der Waals surface area contributed by atoms with Gasteiger partial charge in [-0.05, 0) is 37.3 Å². The average Bonchev–Trinajstić information content (AvgIpc) is 2.74. The Morgan fingerprint density at radius 3 is 2.82 bits per heavy atom. The molecule has 0 atom stereocenters. The maximum atomic E-state index is 8.85. The zero-order chi connectivity index (χ0) is 12.7. The molecule has 0 amide bonds. The topological polar surface area (TPSA) is 37.2 Å². The first-order chi connectivity index (χ1) is 8.09. The first-order valence-corrected chi connectivity index (χ1v) is 6.54. The quantitative estimate of drug-likeness (QED) is 0.729. The number of aliphatic hydroxyl groups excluding tert-OH is 1. The highest BCUT2D eigenvalue weighted by atomic mass is 16.2. The van der Waals surface area contributed by atoms with E-state index in [9.17, 15) is 0 Å². The van der Waals surface area contributed by atoms with Gasteiger partial charge in [0, 0.05) is 38.1 Å². The van der Waals surface area contributed by atoms with E-state index in [2.05, 4.69) is 49.0 Å². The molecule has 0 aliphatic heterocycles. The van der Waals surface area contributed by atoms with Gasteiger partial charge in [-0.2, -0.15) is 0 Å². The number of hydrogen-bond acceptors (Lipinski definition) is 2. The maximum absolute atomic E-state index is 8.85. The van der Waals surface area contributed by atoms with Crippen molar-refractivity contribution in [2.75, 3.05) is 13.2 Å². The Morgan fingerprint density at radius 1 is 1.41 bits per heavy atom. The van der Waals surface area contributed by atoms with Crippen LogP contribution in [0, 0.1) is 5.41 Å². The molecule has 0 saturated heterocycles. The van der Waals surface area contributed by atoms with Gasteiger partial charge in [-0.15, -0.1) is 0 Å². The highest BCUT2D eigenvalue weighted by molar-refractivity contribution is 5.06. The molecular weight excluding hydrogens is 212 g/mol. The number of aliphatic hydroxyl groups is 1. The van der Waals surface area contributed by atoms with Crippen molar-refractivity contribution in [3.05, 3.63) is 24.0 Å². The number of nitrogens with zero attached hydrogens (tertiary/aromatic N) is 1. The van der Waals surface area contributed by atoms with E-state index >= 15 is 0 Å². The lowest BCUT2D eigenvalue weighted by molar-refractivity contribution is 0.236. The lowest BCUT2D eigenvalue weighted by Gasteiger charge is -2.24. The van der Waals surface area contributed by atoms with Crippen molar-refractivity contribution in [3.63, 3.8) is 0 Å². The van der Waals surface area contributed by atoms with Gasteiger partial charge in [-0.25, -0.2) is 0 Å². The Morgan fingerprint density at radius 2 is 2.18 bits per heavy atom. The second kappa shape index (κ2) is 6.82. The minimum Gasteiger partial charge on any atom is -0.396 e. The van der Waals surface area contributed by atoms with Gasteiger partial charge in [0.25, 0.3) is 0 Å². The molecule has 0 fully saturated rings. The molecule has 1 aromatic heterocycles. The lowest BCUT2D eigenvalue weighted by atomic mass is 9.88. The van der Waals surface area contributed by atoms with Crippen LogP contribution in [0.2, 0.25) is 0 Å². The van der Waals surface area contributed by atoms with Crippen LogP contribution < -0.4 is 5.32 Å². The van der Waals surface area contributed by atoms with Gasteiger partial charge >= 0.3 is 0 Å². The SMILES string of the molecule is CCn1cccc1CNCC(C)(C)CCCO. The summed E-state index contributed by atoms with van der Waals surface area (Å²) in [5, 5.41) is 12.4. The number of nitrogens with one attached hydrogen (secondary N) is 1. The summed E-state index contributed by atoms with van der Waals surface area (Å²) in [5.41, 5.74) is 1.59. The van der Waals surface area contributed by atoms with Crippen LogP contribution in [0.1, 0.15) is 39.3 Å². The summed E-state index contributed by atoms with van der Waals surface area (Å²) in [5.74, 6) is 0. The van der Waals surface area contributed by atoms with E-state index in [1.165, 1.54) is 5.69 Å². The Kier molecular flexibility index (Phi) is 5.72. The smallest absolute Gasteiger partial charge is 0.0431 e. The van der Waals surface area contributed by atoms with Crippen molar-refractivity contribution < 1.29 is 5.11 Å². The van der Waals surface area contributed by atoms with Crippen LogP contribution in [-0.2, 0) is 13.1 Å². The van der Waals surface area contributed by atoms with E-state index in [0.29, 0.717) is 6.61 Å². The van der Waals surface area contributed by atoms with E-state index in [0.717, 1.165) is 32.5 Å². The summed E-state index contributed by atoms with van der Waals surface area (Å²) >= 11 is 0. The van der Waals surface area contributed by atoms with E-state index in [-0.39, 0.29) is 5.41 Å². The molecule has 0 aromatic carbocycles. The molecule has 3 nitrogen and oxygen atoms in total. The molecule has 0 bridgehead atoms. The van der Waals surface area contributed by atoms with Gasteiger partial charge in [0.05, 0.1) is 0 Å². The number of aromatic nitrogens is 1. The zero-order valence-corrected chi connectivity index (χ0v) is 11.4. The Labute approximate surface area is 105 Å². The Balaban J connectivity index is 2.32. The van der Waals surface area contributed by atoms with Crippen molar-refractivity contribution in [3.8, 4) is 0 Å². The van der Waals surface area contributed by atoms with Crippen molar-refractivity contribution in [2.45, 2.75) is 46.7 Å². The Hall–Kier alpha value is -0.800.